The molecule has 1 aromatic rings. The summed E-state index contributed by atoms with van der Waals surface area (Å²) in [4.78, 5) is 0. The Bertz CT molecular complexity index is 304. The van der Waals surface area contributed by atoms with Gasteiger partial charge < -0.3 is 0 Å². The van der Waals surface area contributed by atoms with E-state index in [1.54, 1.807) is 0 Å². The summed E-state index contributed by atoms with van der Waals surface area (Å²) in [6.07, 6.45) is 2.21. The molecule has 1 unspecified atom stereocenters. The van der Waals surface area contributed by atoms with E-state index in [2.05, 4.69) is 45.9 Å². The highest BCUT2D eigenvalue weighted by atomic mass is 35.5. The molecule has 0 saturated carbocycles. The van der Waals surface area contributed by atoms with E-state index < -0.39 is 0 Å². The molecule has 1 atom stereocenters. The third-order valence-corrected chi connectivity index (χ3v) is 3.73. The zero-order valence-corrected chi connectivity index (χ0v) is 11.0. The zero-order chi connectivity index (χ0) is 11.5. The Morgan fingerprint density at radius 2 is 1.67 bits per heavy atom. The number of benzene rings is 1. The molecular formula is C14H21Cl. The van der Waals surface area contributed by atoms with E-state index in [1.807, 2.05) is 0 Å². The van der Waals surface area contributed by atoms with Crippen LogP contribution in [0.4, 0.5) is 0 Å². The third kappa shape index (κ3) is 3.53. The van der Waals surface area contributed by atoms with Gasteiger partial charge in [-0.15, -0.1) is 11.6 Å². The van der Waals surface area contributed by atoms with Crippen LogP contribution in [0.2, 0.25) is 0 Å². The average Bonchev–Trinajstić information content (AvgIpc) is 2.16. The van der Waals surface area contributed by atoms with Gasteiger partial charge in [0.2, 0.25) is 0 Å². The second kappa shape index (κ2) is 5.03. The van der Waals surface area contributed by atoms with Crippen LogP contribution in [0.15, 0.2) is 18.2 Å². The lowest BCUT2D eigenvalue weighted by Crippen LogP contribution is -2.20. The van der Waals surface area contributed by atoms with E-state index in [0.717, 1.165) is 18.7 Å². The van der Waals surface area contributed by atoms with Gasteiger partial charge in [0, 0.05) is 5.88 Å². The standard InChI is InChI=1S/C14H21Cl/c1-5-14(4,10-15)9-13-7-11(2)6-12(3)8-13/h6-8H,5,9-10H2,1-4H3. The van der Waals surface area contributed by atoms with Crippen molar-refractivity contribution in [2.75, 3.05) is 5.88 Å². The van der Waals surface area contributed by atoms with E-state index >= 15 is 0 Å². The van der Waals surface area contributed by atoms with Crippen molar-refractivity contribution in [1.82, 2.24) is 0 Å². The molecule has 1 heteroatoms. The highest BCUT2D eigenvalue weighted by Crippen LogP contribution is 2.28. The SMILES string of the molecule is CCC(C)(CCl)Cc1cc(C)cc(C)c1. The minimum atomic E-state index is 0.238. The molecule has 1 aromatic carbocycles. The first kappa shape index (κ1) is 12.6. The van der Waals surface area contributed by atoms with E-state index in [-0.39, 0.29) is 5.41 Å². The summed E-state index contributed by atoms with van der Waals surface area (Å²) in [5.74, 6) is 0.733. The summed E-state index contributed by atoms with van der Waals surface area (Å²) in [6.45, 7) is 8.78. The maximum atomic E-state index is 6.04. The molecule has 0 N–H and O–H groups in total. The van der Waals surface area contributed by atoms with Gasteiger partial charge in [-0.3, -0.25) is 0 Å². The molecule has 0 aliphatic carbocycles. The van der Waals surface area contributed by atoms with Crippen LogP contribution in [0, 0.1) is 19.3 Å². The monoisotopic (exact) mass is 224 g/mol. The fraction of sp³-hybridized carbons (Fsp3) is 0.571. The Labute approximate surface area is 98.7 Å². The van der Waals surface area contributed by atoms with Gasteiger partial charge in [0.15, 0.2) is 0 Å². The molecule has 0 fully saturated rings. The Morgan fingerprint density at radius 1 is 1.13 bits per heavy atom. The summed E-state index contributed by atoms with van der Waals surface area (Å²) in [7, 11) is 0. The molecule has 0 radical (unpaired) electrons. The summed E-state index contributed by atoms with van der Waals surface area (Å²) < 4.78 is 0. The maximum Gasteiger partial charge on any atom is 0.0280 e. The highest BCUT2D eigenvalue weighted by Gasteiger charge is 2.21. The molecule has 0 spiro atoms. The van der Waals surface area contributed by atoms with Crippen LogP contribution in [0.5, 0.6) is 0 Å². The van der Waals surface area contributed by atoms with Crippen molar-refractivity contribution in [2.24, 2.45) is 5.41 Å². The quantitative estimate of drug-likeness (QED) is 0.661. The van der Waals surface area contributed by atoms with Gasteiger partial charge in [-0.2, -0.15) is 0 Å². The highest BCUT2D eigenvalue weighted by molar-refractivity contribution is 6.18. The van der Waals surface area contributed by atoms with E-state index in [1.165, 1.54) is 16.7 Å². The van der Waals surface area contributed by atoms with E-state index in [0.29, 0.717) is 0 Å². The van der Waals surface area contributed by atoms with Crippen LogP contribution < -0.4 is 0 Å². The molecule has 15 heavy (non-hydrogen) atoms. The van der Waals surface area contributed by atoms with Gasteiger partial charge in [0.05, 0.1) is 0 Å². The lowest BCUT2D eigenvalue weighted by Gasteiger charge is -2.25. The predicted octanol–water partition coefficient (Wildman–Crippen LogP) is 4.50. The second-order valence-corrected chi connectivity index (χ2v) is 5.24. The molecule has 84 valence electrons. The minimum Gasteiger partial charge on any atom is -0.126 e. The molecule has 0 bridgehead atoms. The van der Waals surface area contributed by atoms with Crippen molar-refractivity contribution in [3.63, 3.8) is 0 Å². The van der Waals surface area contributed by atoms with Crippen molar-refractivity contribution in [2.45, 2.75) is 40.5 Å². The molecule has 0 amide bonds. The predicted molar refractivity (Wildman–Crippen MR) is 68.7 cm³/mol. The topological polar surface area (TPSA) is 0 Å². The van der Waals surface area contributed by atoms with Gasteiger partial charge >= 0.3 is 0 Å². The molecule has 0 nitrogen and oxygen atoms in total. The van der Waals surface area contributed by atoms with Gasteiger partial charge in [0.1, 0.15) is 0 Å². The fourth-order valence-electron chi connectivity index (χ4n) is 1.93. The second-order valence-electron chi connectivity index (χ2n) is 4.97. The van der Waals surface area contributed by atoms with E-state index in [9.17, 15) is 0 Å². The van der Waals surface area contributed by atoms with Crippen molar-refractivity contribution in [3.05, 3.63) is 34.9 Å². The molecule has 0 aliphatic heterocycles. The summed E-state index contributed by atoms with van der Waals surface area (Å²) in [6, 6.07) is 6.76. The van der Waals surface area contributed by atoms with Crippen molar-refractivity contribution < 1.29 is 0 Å². The number of rotatable bonds is 4. The molecule has 0 aromatic heterocycles. The number of hydrogen-bond acceptors (Lipinski definition) is 0. The van der Waals surface area contributed by atoms with Crippen LogP contribution in [0.25, 0.3) is 0 Å². The fourth-order valence-corrected chi connectivity index (χ4v) is 2.21. The summed E-state index contributed by atoms with van der Waals surface area (Å²) in [5, 5.41) is 0. The molecule has 0 heterocycles. The minimum absolute atomic E-state index is 0.238. The smallest absolute Gasteiger partial charge is 0.0280 e. The normalized spacial score (nSPS) is 15.0. The van der Waals surface area contributed by atoms with Crippen LogP contribution in [0.1, 0.15) is 37.0 Å². The van der Waals surface area contributed by atoms with Gasteiger partial charge in [-0.25, -0.2) is 0 Å². The van der Waals surface area contributed by atoms with Crippen molar-refractivity contribution in [3.8, 4) is 0 Å². The number of aryl methyl sites for hydroxylation is 2. The Kier molecular flexibility index (Phi) is 4.21. The van der Waals surface area contributed by atoms with Gasteiger partial charge in [-0.1, -0.05) is 43.2 Å². The first-order valence-corrected chi connectivity index (χ1v) is 6.16. The maximum absolute atomic E-state index is 6.04. The number of alkyl halides is 1. The van der Waals surface area contributed by atoms with Crippen LogP contribution in [-0.2, 0) is 6.42 Å². The van der Waals surface area contributed by atoms with Crippen LogP contribution >= 0.6 is 11.6 Å². The largest absolute Gasteiger partial charge is 0.126 e. The third-order valence-electron chi connectivity index (χ3n) is 3.09. The van der Waals surface area contributed by atoms with Gasteiger partial charge in [0.25, 0.3) is 0 Å². The Balaban J connectivity index is 2.88. The van der Waals surface area contributed by atoms with E-state index in [4.69, 9.17) is 11.6 Å². The first-order valence-electron chi connectivity index (χ1n) is 5.62. The molecule has 0 aliphatic rings. The van der Waals surface area contributed by atoms with Crippen LogP contribution in [-0.4, -0.2) is 5.88 Å². The molecular weight excluding hydrogens is 204 g/mol. The Hall–Kier alpha value is -0.490. The lowest BCUT2D eigenvalue weighted by atomic mass is 9.82. The number of hydrogen-bond donors (Lipinski definition) is 0. The van der Waals surface area contributed by atoms with Crippen molar-refractivity contribution >= 4 is 11.6 Å². The molecule has 0 saturated heterocycles. The van der Waals surface area contributed by atoms with Crippen LogP contribution in [0.3, 0.4) is 0 Å². The van der Waals surface area contributed by atoms with Gasteiger partial charge in [-0.05, 0) is 37.7 Å². The zero-order valence-electron chi connectivity index (χ0n) is 10.2. The average molecular weight is 225 g/mol. The number of halogens is 1. The Morgan fingerprint density at radius 3 is 2.07 bits per heavy atom. The summed E-state index contributed by atoms with van der Waals surface area (Å²) in [5.41, 5.74) is 4.34. The first-order chi connectivity index (χ1) is 6.99. The summed E-state index contributed by atoms with van der Waals surface area (Å²) >= 11 is 6.04. The molecule has 1 rings (SSSR count). The van der Waals surface area contributed by atoms with Crippen molar-refractivity contribution in [1.29, 1.82) is 0 Å². The lowest BCUT2D eigenvalue weighted by molar-refractivity contribution is 0.355.